The maximum Gasteiger partial charge on any atom is 0.261 e. The van der Waals surface area contributed by atoms with E-state index in [1.807, 2.05) is 13.8 Å². The molecule has 0 spiro atoms. The lowest BCUT2D eigenvalue weighted by Crippen LogP contribution is -2.36. The molecule has 0 aliphatic rings. The number of halogens is 2. The van der Waals surface area contributed by atoms with Crippen LogP contribution in [0.2, 0.25) is 5.02 Å². The fraction of sp³-hybridized carbons (Fsp3) is 0.385. The Balaban J connectivity index is 2.44. The van der Waals surface area contributed by atoms with Gasteiger partial charge in [0.05, 0.1) is 11.1 Å². The van der Waals surface area contributed by atoms with Gasteiger partial charge in [-0.25, -0.2) is 4.39 Å². The van der Waals surface area contributed by atoms with Crippen LogP contribution in [0.15, 0.2) is 22.7 Å². The first-order valence-corrected chi connectivity index (χ1v) is 6.46. The molecule has 0 saturated carbocycles. The van der Waals surface area contributed by atoms with Crippen LogP contribution in [0.5, 0.6) is 0 Å². The van der Waals surface area contributed by atoms with Gasteiger partial charge in [0, 0.05) is 5.02 Å². The molecule has 1 aromatic heterocycles. The van der Waals surface area contributed by atoms with Crippen molar-refractivity contribution in [1.82, 2.24) is 10.1 Å². The predicted molar refractivity (Wildman–Crippen MR) is 71.1 cm³/mol. The molecule has 1 aromatic carbocycles. The number of benzene rings is 1. The highest BCUT2D eigenvalue weighted by Gasteiger charge is 2.29. The molecule has 0 radical (unpaired) electrons. The molecular formula is C13H15ClFN3O. The number of hydrogen-bond acceptors (Lipinski definition) is 4. The van der Waals surface area contributed by atoms with Crippen molar-refractivity contribution in [3.63, 3.8) is 0 Å². The van der Waals surface area contributed by atoms with Gasteiger partial charge in [-0.05, 0) is 31.0 Å². The molecule has 0 saturated heterocycles. The summed E-state index contributed by atoms with van der Waals surface area (Å²) in [5.74, 6) is 0.00817. The van der Waals surface area contributed by atoms with Crippen LogP contribution in [0, 0.1) is 5.82 Å². The Kier molecular flexibility index (Phi) is 3.87. The van der Waals surface area contributed by atoms with E-state index in [-0.39, 0.29) is 11.5 Å². The molecule has 1 heterocycles. The highest BCUT2D eigenvalue weighted by Crippen LogP contribution is 2.28. The average molecular weight is 284 g/mol. The van der Waals surface area contributed by atoms with Crippen molar-refractivity contribution in [2.45, 2.75) is 32.2 Å². The minimum Gasteiger partial charge on any atom is -0.334 e. The third-order valence-corrected chi connectivity index (χ3v) is 3.53. The summed E-state index contributed by atoms with van der Waals surface area (Å²) in [5, 5.41) is 4.26. The number of nitrogens with zero attached hydrogens (tertiary/aromatic N) is 2. The first-order valence-electron chi connectivity index (χ1n) is 6.08. The standard InChI is InChI=1S/C13H15ClFN3O/c1-3-13(16,4-2)12-17-11(19-18-12)9-7-8(14)5-6-10(9)15/h5-7H,3-4,16H2,1-2H3. The highest BCUT2D eigenvalue weighted by molar-refractivity contribution is 6.30. The van der Waals surface area contributed by atoms with E-state index in [1.54, 1.807) is 0 Å². The quantitative estimate of drug-likeness (QED) is 0.932. The molecule has 0 bridgehead atoms. The van der Waals surface area contributed by atoms with Crippen molar-refractivity contribution in [1.29, 1.82) is 0 Å². The van der Waals surface area contributed by atoms with Crippen molar-refractivity contribution < 1.29 is 8.91 Å². The molecule has 0 aliphatic heterocycles. The average Bonchev–Trinajstić information content (AvgIpc) is 2.90. The summed E-state index contributed by atoms with van der Waals surface area (Å²) in [6, 6.07) is 4.17. The summed E-state index contributed by atoms with van der Waals surface area (Å²) in [6.07, 6.45) is 1.33. The van der Waals surface area contributed by atoms with Gasteiger partial charge in [0.25, 0.3) is 5.89 Å². The molecule has 0 fully saturated rings. The van der Waals surface area contributed by atoms with E-state index in [2.05, 4.69) is 10.1 Å². The van der Waals surface area contributed by atoms with Crippen molar-refractivity contribution in [3.8, 4) is 11.5 Å². The molecule has 0 unspecified atom stereocenters. The largest absolute Gasteiger partial charge is 0.334 e. The second-order valence-corrected chi connectivity index (χ2v) is 4.85. The van der Waals surface area contributed by atoms with Gasteiger partial charge >= 0.3 is 0 Å². The van der Waals surface area contributed by atoms with E-state index < -0.39 is 11.4 Å². The maximum absolute atomic E-state index is 13.7. The molecule has 2 rings (SSSR count). The van der Waals surface area contributed by atoms with Crippen LogP contribution in [0.4, 0.5) is 4.39 Å². The Bertz CT molecular complexity index is 581. The summed E-state index contributed by atoms with van der Waals surface area (Å²) >= 11 is 5.84. The van der Waals surface area contributed by atoms with Gasteiger partial charge in [-0.3, -0.25) is 0 Å². The van der Waals surface area contributed by atoms with E-state index in [9.17, 15) is 4.39 Å². The van der Waals surface area contributed by atoms with Crippen LogP contribution in [0.1, 0.15) is 32.5 Å². The van der Waals surface area contributed by atoms with Crippen molar-refractivity contribution in [2.24, 2.45) is 5.73 Å². The summed E-state index contributed by atoms with van der Waals surface area (Å²) in [6.45, 7) is 3.89. The number of rotatable bonds is 4. The van der Waals surface area contributed by atoms with Crippen LogP contribution in [-0.2, 0) is 5.54 Å². The van der Waals surface area contributed by atoms with Gasteiger partial charge in [-0.1, -0.05) is 30.6 Å². The Morgan fingerprint density at radius 3 is 2.68 bits per heavy atom. The predicted octanol–water partition coefficient (Wildman–Crippen LogP) is 3.50. The lowest BCUT2D eigenvalue weighted by atomic mass is 9.93. The van der Waals surface area contributed by atoms with Gasteiger partial charge in [0.15, 0.2) is 5.82 Å². The van der Waals surface area contributed by atoms with Gasteiger partial charge in [0.2, 0.25) is 0 Å². The number of nitrogens with two attached hydrogens (primary N) is 1. The molecule has 0 amide bonds. The highest BCUT2D eigenvalue weighted by atomic mass is 35.5. The lowest BCUT2D eigenvalue weighted by molar-refractivity contribution is 0.350. The smallest absolute Gasteiger partial charge is 0.261 e. The minimum atomic E-state index is -0.656. The van der Waals surface area contributed by atoms with Crippen LogP contribution in [0.3, 0.4) is 0 Å². The maximum atomic E-state index is 13.7. The third-order valence-electron chi connectivity index (χ3n) is 3.29. The molecule has 102 valence electrons. The summed E-state index contributed by atoms with van der Waals surface area (Å²) in [4.78, 5) is 4.19. The molecule has 2 N–H and O–H groups in total. The van der Waals surface area contributed by atoms with Crippen LogP contribution < -0.4 is 5.73 Å². The SMILES string of the molecule is CCC(N)(CC)c1noc(-c2cc(Cl)ccc2F)n1. The van der Waals surface area contributed by atoms with Crippen molar-refractivity contribution >= 4 is 11.6 Å². The van der Waals surface area contributed by atoms with Gasteiger partial charge < -0.3 is 10.3 Å². The summed E-state index contributed by atoms with van der Waals surface area (Å²) < 4.78 is 18.8. The second kappa shape index (κ2) is 5.27. The second-order valence-electron chi connectivity index (χ2n) is 4.41. The van der Waals surface area contributed by atoms with E-state index in [0.717, 1.165) is 0 Å². The molecule has 4 nitrogen and oxygen atoms in total. The Labute approximate surface area is 115 Å². The lowest BCUT2D eigenvalue weighted by Gasteiger charge is -2.21. The van der Waals surface area contributed by atoms with Crippen LogP contribution >= 0.6 is 11.6 Å². The molecule has 0 aliphatic carbocycles. The van der Waals surface area contributed by atoms with E-state index in [1.165, 1.54) is 18.2 Å². The van der Waals surface area contributed by atoms with Crippen molar-refractivity contribution in [2.75, 3.05) is 0 Å². The van der Waals surface area contributed by atoms with E-state index in [4.69, 9.17) is 21.9 Å². The van der Waals surface area contributed by atoms with Gasteiger partial charge in [-0.15, -0.1) is 0 Å². The molecule has 19 heavy (non-hydrogen) atoms. The molecule has 6 heteroatoms. The van der Waals surface area contributed by atoms with Crippen LogP contribution in [-0.4, -0.2) is 10.1 Å². The zero-order chi connectivity index (χ0) is 14.0. The van der Waals surface area contributed by atoms with Crippen molar-refractivity contribution in [3.05, 3.63) is 34.9 Å². The summed E-state index contributed by atoms with van der Waals surface area (Å²) in [5.41, 5.74) is 5.70. The number of hydrogen-bond donors (Lipinski definition) is 1. The summed E-state index contributed by atoms with van der Waals surface area (Å²) in [7, 11) is 0. The fourth-order valence-electron chi connectivity index (χ4n) is 1.76. The zero-order valence-electron chi connectivity index (χ0n) is 10.8. The Hall–Kier alpha value is -1.46. The van der Waals surface area contributed by atoms with Gasteiger partial charge in [-0.2, -0.15) is 4.98 Å². The molecular weight excluding hydrogens is 269 g/mol. The minimum absolute atomic E-state index is 0.0896. The first kappa shape index (κ1) is 14.0. The molecule has 2 aromatic rings. The number of aromatic nitrogens is 2. The Morgan fingerprint density at radius 2 is 2.05 bits per heavy atom. The fourth-order valence-corrected chi connectivity index (χ4v) is 1.93. The Morgan fingerprint density at radius 1 is 1.37 bits per heavy atom. The van der Waals surface area contributed by atoms with Crippen LogP contribution in [0.25, 0.3) is 11.5 Å². The van der Waals surface area contributed by atoms with E-state index in [0.29, 0.717) is 23.7 Å². The monoisotopic (exact) mass is 283 g/mol. The third kappa shape index (κ3) is 2.62. The topological polar surface area (TPSA) is 64.9 Å². The van der Waals surface area contributed by atoms with Gasteiger partial charge in [0.1, 0.15) is 5.82 Å². The molecule has 0 atom stereocenters. The normalized spacial score (nSPS) is 11.8. The zero-order valence-corrected chi connectivity index (χ0v) is 11.5. The first-order chi connectivity index (χ1) is 9.00. The van der Waals surface area contributed by atoms with E-state index >= 15 is 0 Å².